The van der Waals surface area contributed by atoms with Crippen LogP contribution in [0.2, 0.25) is 0 Å². The smallest absolute Gasteiger partial charge is 0.276 e. The number of imidazole rings is 1. The van der Waals surface area contributed by atoms with Crippen molar-refractivity contribution in [2.45, 2.75) is 31.7 Å². The van der Waals surface area contributed by atoms with Crippen molar-refractivity contribution < 1.29 is 4.79 Å². The van der Waals surface area contributed by atoms with Crippen LogP contribution in [-0.2, 0) is 13.0 Å². The van der Waals surface area contributed by atoms with Gasteiger partial charge in [0.1, 0.15) is 11.5 Å². The summed E-state index contributed by atoms with van der Waals surface area (Å²) in [5.41, 5.74) is 2.44. The Kier molecular flexibility index (Phi) is 4.59. The number of benzene rings is 1. The molecule has 1 aliphatic rings. The lowest BCUT2D eigenvalue weighted by atomic mass is 10.2. The first kappa shape index (κ1) is 18.2. The molecule has 0 atom stereocenters. The van der Waals surface area contributed by atoms with Crippen molar-refractivity contribution in [3.8, 4) is 0 Å². The maximum Gasteiger partial charge on any atom is 0.276 e. The first-order valence-corrected chi connectivity index (χ1v) is 9.95. The molecule has 8 nitrogen and oxygen atoms in total. The van der Waals surface area contributed by atoms with Gasteiger partial charge in [0.25, 0.3) is 11.5 Å². The minimum atomic E-state index is -0.447. The fourth-order valence-electron chi connectivity index (χ4n) is 3.48. The third-order valence-corrected chi connectivity index (χ3v) is 5.15. The Balaban J connectivity index is 1.45. The number of rotatable bonds is 6. The fourth-order valence-corrected chi connectivity index (χ4v) is 3.48. The summed E-state index contributed by atoms with van der Waals surface area (Å²) in [4.78, 5) is 40.9. The van der Waals surface area contributed by atoms with Crippen LogP contribution in [0.4, 0.5) is 5.95 Å². The summed E-state index contributed by atoms with van der Waals surface area (Å²) in [6.07, 6.45) is 4.42. The van der Waals surface area contributed by atoms with Gasteiger partial charge in [-0.1, -0.05) is 18.2 Å². The van der Waals surface area contributed by atoms with Gasteiger partial charge in [-0.15, -0.1) is 0 Å². The molecule has 0 saturated heterocycles. The van der Waals surface area contributed by atoms with Crippen molar-refractivity contribution in [1.82, 2.24) is 24.5 Å². The molecule has 3 heterocycles. The van der Waals surface area contributed by atoms with Crippen LogP contribution in [0.1, 0.15) is 40.8 Å². The van der Waals surface area contributed by atoms with Gasteiger partial charge in [0.15, 0.2) is 0 Å². The second kappa shape index (κ2) is 7.55. The number of aromatic amines is 1. The van der Waals surface area contributed by atoms with Gasteiger partial charge in [0.2, 0.25) is 5.95 Å². The van der Waals surface area contributed by atoms with Gasteiger partial charge in [-0.05, 0) is 37.1 Å². The van der Waals surface area contributed by atoms with Crippen molar-refractivity contribution in [2.75, 3.05) is 5.32 Å². The maximum absolute atomic E-state index is 12.9. The number of nitrogens with zero attached hydrogens (tertiary/aromatic N) is 4. The van der Waals surface area contributed by atoms with Crippen LogP contribution >= 0.6 is 0 Å². The minimum Gasteiger partial charge on any atom is -0.310 e. The second-order valence-corrected chi connectivity index (χ2v) is 7.39. The zero-order chi connectivity index (χ0) is 20.5. The number of nitrogens with one attached hydrogen (secondary N) is 2. The highest BCUT2D eigenvalue weighted by atomic mass is 16.2. The van der Waals surface area contributed by atoms with Gasteiger partial charge in [0, 0.05) is 36.8 Å². The SMILES string of the molecule is O=C(Nc1nc2ccccc2n1CCc1ccccn1)c1cc(=O)[nH]c(C2CC2)n1. The van der Waals surface area contributed by atoms with Crippen molar-refractivity contribution in [2.24, 2.45) is 0 Å². The molecule has 0 bridgehead atoms. The Bertz CT molecular complexity index is 1270. The van der Waals surface area contributed by atoms with E-state index < -0.39 is 5.91 Å². The van der Waals surface area contributed by atoms with Gasteiger partial charge in [-0.25, -0.2) is 9.97 Å². The first-order valence-electron chi connectivity index (χ1n) is 9.95. The quantitative estimate of drug-likeness (QED) is 0.518. The number of carbonyl (C=O) groups excluding carboxylic acids is 1. The summed E-state index contributed by atoms with van der Waals surface area (Å²) in [6.45, 7) is 0.600. The van der Waals surface area contributed by atoms with Crippen molar-refractivity contribution in [1.29, 1.82) is 0 Å². The maximum atomic E-state index is 12.9. The second-order valence-electron chi connectivity index (χ2n) is 7.39. The lowest BCUT2D eigenvalue weighted by molar-refractivity contribution is 0.102. The number of hydrogen-bond acceptors (Lipinski definition) is 5. The Morgan fingerprint density at radius 2 is 1.97 bits per heavy atom. The van der Waals surface area contributed by atoms with E-state index in [2.05, 4.69) is 25.3 Å². The van der Waals surface area contributed by atoms with E-state index in [1.54, 1.807) is 6.20 Å². The third-order valence-electron chi connectivity index (χ3n) is 5.15. The Morgan fingerprint density at radius 3 is 2.77 bits per heavy atom. The number of aromatic nitrogens is 5. The molecular weight excluding hydrogens is 380 g/mol. The highest BCUT2D eigenvalue weighted by Gasteiger charge is 2.27. The van der Waals surface area contributed by atoms with Crippen molar-refractivity contribution >= 4 is 22.9 Å². The number of amides is 1. The van der Waals surface area contributed by atoms with Crippen molar-refractivity contribution in [3.05, 3.63) is 82.3 Å². The lowest BCUT2D eigenvalue weighted by Gasteiger charge is -2.10. The number of carbonyl (C=O) groups is 1. The van der Waals surface area contributed by atoms with Crippen molar-refractivity contribution in [3.63, 3.8) is 0 Å². The molecule has 2 N–H and O–H groups in total. The molecule has 4 aromatic rings. The lowest BCUT2D eigenvalue weighted by Crippen LogP contribution is -2.22. The molecule has 150 valence electrons. The van der Waals surface area contributed by atoms with E-state index in [1.165, 1.54) is 6.07 Å². The molecule has 1 aliphatic carbocycles. The molecule has 0 unspecified atom stereocenters. The zero-order valence-corrected chi connectivity index (χ0v) is 16.2. The van der Waals surface area contributed by atoms with Gasteiger partial charge in [0.05, 0.1) is 11.0 Å². The van der Waals surface area contributed by atoms with Crippen LogP contribution in [0.15, 0.2) is 59.5 Å². The minimum absolute atomic E-state index is 0.101. The molecule has 0 spiro atoms. The zero-order valence-electron chi connectivity index (χ0n) is 16.2. The summed E-state index contributed by atoms with van der Waals surface area (Å²) >= 11 is 0. The summed E-state index contributed by atoms with van der Waals surface area (Å²) in [6, 6.07) is 14.7. The summed E-state index contributed by atoms with van der Waals surface area (Å²) < 4.78 is 1.96. The first-order chi connectivity index (χ1) is 14.7. The molecule has 1 aromatic carbocycles. The number of aryl methyl sites for hydroxylation is 2. The van der Waals surface area contributed by atoms with E-state index in [-0.39, 0.29) is 17.2 Å². The third kappa shape index (κ3) is 3.71. The molecule has 0 aliphatic heterocycles. The number of para-hydroxylation sites is 2. The average Bonchev–Trinajstić information content (AvgIpc) is 3.55. The standard InChI is InChI=1S/C22H20N6O2/c29-19-13-17(24-20(26-19)14-8-9-14)21(30)27-22-25-16-6-1-2-7-18(16)28(22)12-10-15-5-3-4-11-23-15/h1-7,11,13-14H,8-10,12H2,(H,24,26,29)(H,25,27,30). The van der Waals surface area contributed by atoms with E-state index in [4.69, 9.17) is 0 Å². The molecular formula is C22H20N6O2. The highest BCUT2D eigenvalue weighted by Crippen LogP contribution is 2.37. The topological polar surface area (TPSA) is 106 Å². The molecule has 3 aromatic heterocycles. The van der Waals surface area contributed by atoms with E-state index >= 15 is 0 Å². The number of anilines is 1. The van der Waals surface area contributed by atoms with Crippen LogP contribution in [-0.4, -0.2) is 30.4 Å². The molecule has 1 amide bonds. The monoisotopic (exact) mass is 400 g/mol. The molecule has 5 rings (SSSR count). The van der Waals surface area contributed by atoms with Gasteiger partial charge in [-0.2, -0.15) is 0 Å². The predicted octanol–water partition coefficient (Wildman–Crippen LogP) is 2.89. The number of pyridine rings is 1. The van der Waals surface area contributed by atoms with Gasteiger partial charge < -0.3 is 9.55 Å². The van der Waals surface area contributed by atoms with Gasteiger partial charge >= 0.3 is 0 Å². The predicted molar refractivity (Wildman–Crippen MR) is 112 cm³/mol. The van der Waals surface area contributed by atoms with E-state index in [1.807, 2.05) is 47.0 Å². The van der Waals surface area contributed by atoms with E-state index in [9.17, 15) is 9.59 Å². The van der Waals surface area contributed by atoms with Crippen LogP contribution in [0.3, 0.4) is 0 Å². The summed E-state index contributed by atoms with van der Waals surface area (Å²) in [5.74, 6) is 0.800. The Labute approximate surface area is 172 Å². The van der Waals surface area contributed by atoms with Crippen LogP contribution in [0.25, 0.3) is 11.0 Å². The molecule has 8 heteroatoms. The fraction of sp³-hybridized carbons (Fsp3) is 0.227. The normalized spacial score (nSPS) is 13.5. The van der Waals surface area contributed by atoms with Crippen LogP contribution in [0.5, 0.6) is 0 Å². The highest BCUT2D eigenvalue weighted by molar-refractivity contribution is 6.02. The Morgan fingerprint density at radius 1 is 1.13 bits per heavy atom. The largest absolute Gasteiger partial charge is 0.310 e. The number of fused-ring (bicyclic) bond motifs is 1. The Hall–Kier alpha value is -3.81. The molecule has 30 heavy (non-hydrogen) atoms. The van der Waals surface area contributed by atoms with Crippen LogP contribution in [0, 0.1) is 0 Å². The van der Waals surface area contributed by atoms with E-state index in [0.29, 0.717) is 24.7 Å². The van der Waals surface area contributed by atoms with Crippen LogP contribution < -0.4 is 10.9 Å². The van der Waals surface area contributed by atoms with Gasteiger partial charge in [-0.3, -0.25) is 19.9 Å². The summed E-state index contributed by atoms with van der Waals surface area (Å²) in [5, 5.41) is 2.84. The average molecular weight is 400 g/mol. The summed E-state index contributed by atoms with van der Waals surface area (Å²) in [7, 11) is 0. The molecule has 1 saturated carbocycles. The molecule has 1 fully saturated rings. The van der Waals surface area contributed by atoms with E-state index in [0.717, 1.165) is 29.6 Å². The molecule has 0 radical (unpaired) electrons. The number of H-pyrrole nitrogens is 1. The number of hydrogen-bond donors (Lipinski definition) is 2.